The van der Waals surface area contributed by atoms with E-state index in [-0.39, 0.29) is 5.91 Å². The predicted molar refractivity (Wildman–Crippen MR) is 76.1 cm³/mol. The van der Waals surface area contributed by atoms with E-state index in [0.717, 1.165) is 10.4 Å². The van der Waals surface area contributed by atoms with Gasteiger partial charge in [0.25, 0.3) is 5.91 Å². The Labute approximate surface area is 115 Å². The molecular formula is C13H13ClN2OS. The molecule has 0 atom stereocenters. The van der Waals surface area contributed by atoms with Crippen LogP contribution in [0.3, 0.4) is 0 Å². The van der Waals surface area contributed by atoms with Crippen LogP contribution in [-0.2, 0) is 6.54 Å². The van der Waals surface area contributed by atoms with Crippen LogP contribution >= 0.6 is 22.9 Å². The maximum atomic E-state index is 11.9. The highest BCUT2D eigenvalue weighted by atomic mass is 35.5. The van der Waals surface area contributed by atoms with Crippen molar-refractivity contribution in [3.05, 3.63) is 50.7 Å². The molecule has 0 aliphatic carbocycles. The van der Waals surface area contributed by atoms with Gasteiger partial charge in [-0.05, 0) is 30.7 Å². The van der Waals surface area contributed by atoms with E-state index in [0.29, 0.717) is 22.1 Å². The molecule has 3 nitrogen and oxygen atoms in total. The normalized spacial score (nSPS) is 10.3. The molecule has 0 aliphatic heterocycles. The van der Waals surface area contributed by atoms with Crippen molar-refractivity contribution in [1.82, 2.24) is 5.32 Å². The molecule has 1 aromatic carbocycles. The number of amides is 1. The van der Waals surface area contributed by atoms with Crippen LogP contribution in [-0.4, -0.2) is 5.91 Å². The average Bonchev–Trinajstić information content (AvgIpc) is 2.67. The van der Waals surface area contributed by atoms with E-state index < -0.39 is 0 Å². The van der Waals surface area contributed by atoms with Gasteiger partial charge in [-0.3, -0.25) is 4.79 Å². The molecule has 5 heteroatoms. The highest BCUT2D eigenvalue weighted by molar-refractivity contribution is 7.14. The Morgan fingerprint density at radius 3 is 2.83 bits per heavy atom. The van der Waals surface area contributed by atoms with E-state index in [2.05, 4.69) is 5.32 Å². The van der Waals surface area contributed by atoms with Gasteiger partial charge in [-0.2, -0.15) is 0 Å². The smallest absolute Gasteiger partial charge is 0.261 e. The molecule has 0 unspecified atom stereocenters. The molecule has 0 saturated carbocycles. The van der Waals surface area contributed by atoms with Gasteiger partial charge in [0.2, 0.25) is 0 Å². The number of hydrogen-bond donors (Lipinski definition) is 2. The van der Waals surface area contributed by atoms with Crippen molar-refractivity contribution in [1.29, 1.82) is 0 Å². The molecule has 18 heavy (non-hydrogen) atoms. The second kappa shape index (κ2) is 5.42. The minimum atomic E-state index is -0.111. The second-order valence-electron chi connectivity index (χ2n) is 3.93. The van der Waals surface area contributed by atoms with Gasteiger partial charge >= 0.3 is 0 Å². The fourth-order valence-electron chi connectivity index (χ4n) is 1.52. The number of anilines is 1. The lowest BCUT2D eigenvalue weighted by Crippen LogP contribution is -2.21. The van der Waals surface area contributed by atoms with Crippen molar-refractivity contribution in [3.63, 3.8) is 0 Å². The van der Waals surface area contributed by atoms with Crippen molar-refractivity contribution < 1.29 is 4.79 Å². The van der Waals surface area contributed by atoms with E-state index in [4.69, 9.17) is 17.3 Å². The number of halogens is 1. The maximum Gasteiger partial charge on any atom is 0.261 e. The molecule has 0 fully saturated rings. The van der Waals surface area contributed by atoms with Crippen LogP contribution in [0.5, 0.6) is 0 Å². The van der Waals surface area contributed by atoms with Gasteiger partial charge in [0.1, 0.15) is 0 Å². The number of benzene rings is 1. The van der Waals surface area contributed by atoms with Gasteiger partial charge in [0, 0.05) is 22.1 Å². The summed E-state index contributed by atoms with van der Waals surface area (Å²) in [4.78, 5) is 13.5. The Balaban J connectivity index is 2.00. The minimum Gasteiger partial charge on any atom is -0.398 e. The summed E-state index contributed by atoms with van der Waals surface area (Å²) in [6, 6.07) is 9.11. The molecule has 0 spiro atoms. The monoisotopic (exact) mass is 280 g/mol. The topological polar surface area (TPSA) is 55.1 Å². The minimum absolute atomic E-state index is 0.111. The standard InChI is InChI=1S/C13H13ClN2OS/c1-8-11(15)6-12(18-8)13(17)16-7-9-3-2-4-10(14)5-9/h2-6H,7,15H2,1H3,(H,16,17). The first-order valence-electron chi connectivity index (χ1n) is 5.45. The van der Waals surface area contributed by atoms with Gasteiger partial charge < -0.3 is 11.1 Å². The third-order valence-corrected chi connectivity index (χ3v) is 3.82. The number of thiophene rings is 1. The summed E-state index contributed by atoms with van der Waals surface area (Å²) in [6.07, 6.45) is 0. The number of nitrogen functional groups attached to an aromatic ring is 1. The molecule has 1 aromatic heterocycles. The lowest BCUT2D eigenvalue weighted by molar-refractivity contribution is 0.0955. The quantitative estimate of drug-likeness (QED) is 0.907. The molecule has 1 heterocycles. The van der Waals surface area contributed by atoms with Crippen molar-refractivity contribution in [2.45, 2.75) is 13.5 Å². The first-order chi connectivity index (χ1) is 8.56. The zero-order valence-electron chi connectivity index (χ0n) is 9.87. The molecule has 2 aromatic rings. The van der Waals surface area contributed by atoms with Gasteiger partial charge in [0.15, 0.2) is 0 Å². The fraction of sp³-hybridized carbons (Fsp3) is 0.154. The Kier molecular flexibility index (Phi) is 3.89. The molecule has 0 radical (unpaired) electrons. The predicted octanol–water partition coefficient (Wildman–Crippen LogP) is 3.22. The largest absolute Gasteiger partial charge is 0.398 e. The van der Waals surface area contributed by atoms with Crippen LogP contribution in [0.4, 0.5) is 5.69 Å². The maximum absolute atomic E-state index is 11.9. The second-order valence-corrected chi connectivity index (χ2v) is 5.63. The summed E-state index contributed by atoms with van der Waals surface area (Å²) in [5.41, 5.74) is 7.35. The highest BCUT2D eigenvalue weighted by Crippen LogP contribution is 2.23. The summed E-state index contributed by atoms with van der Waals surface area (Å²) in [7, 11) is 0. The number of carbonyl (C=O) groups is 1. The number of nitrogens with two attached hydrogens (primary N) is 1. The third kappa shape index (κ3) is 3.03. The molecule has 2 rings (SSSR count). The summed E-state index contributed by atoms with van der Waals surface area (Å²) in [5.74, 6) is -0.111. The fourth-order valence-corrected chi connectivity index (χ4v) is 2.59. The van der Waals surface area contributed by atoms with Gasteiger partial charge in [0.05, 0.1) is 4.88 Å². The Hall–Kier alpha value is -1.52. The molecule has 3 N–H and O–H groups in total. The molecular weight excluding hydrogens is 268 g/mol. The zero-order valence-corrected chi connectivity index (χ0v) is 11.4. The van der Waals surface area contributed by atoms with Crippen molar-refractivity contribution >= 4 is 34.5 Å². The van der Waals surface area contributed by atoms with Crippen LogP contribution in [0.1, 0.15) is 20.1 Å². The van der Waals surface area contributed by atoms with Gasteiger partial charge in [-0.15, -0.1) is 11.3 Å². The van der Waals surface area contributed by atoms with Crippen LogP contribution in [0.15, 0.2) is 30.3 Å². The summed E-state index contributed by atoms with van der Waals surface area (Å²) < 4.78 is 0. The van der Waals surface area contributed by atoms with Gasteiger partial charge in [-0.1, -0.05) is 23.7 Å². The van der Waals surface area contributed by atoms with E-state index in [1.165, 1.54) is 11.3 Å². The van der Waals surface area contributed by atoms with Crippen molar-refractivity contribution in [3.8, 4) is 0 Å². The van der Waals surface area contributed by atoms with Gasteiger partial charge in [-0.25, -0.2) is 0 Å². The summed E-state index contributed by atoms with van der Waals surface area (Å²) >= 11 is 7.27. The van der Waals surface area contributed by atoms with Crippen LogP contribution in [0.2, 0.25) is 5.02 Å². The molecule has 0 bridgehead atoms. The number of aryl methyl sites for hydroxylation is 1. The van der Waals surface area contributed by atoms with Crippen LogP contribution in [0, 0.1) is 6.92 Å². The van der Waals surface area contributed by atoms with Crippen molar-refractivity contribution in [2.24, 2.45) is 0 Å². The Morgan fingerprint density at radius 1 is 1.44 bits per heavy atom. The SMILES string of the molecule is Cc1sc(C(=O)NCc2cccc(Cl)c2)cc1N. The molecule has 94 valence electrons. The Bertz CT molecular complexity index is 561. The lowest BCUT2D eigenvalue weighted by Gasteiger charge is -2.04. The Morgan fingerprint density at radius 2 is 2.22 bits per heavy atom. The van der Waals surface area contributed by atoms with Crippen molar-refractivity contribution in [2.75, 3.05) is 5.73 Å². The first-order valence-corrected chi connectivity index (χ1v) is 6.64. The number of nitrogens with one attached hydrogen (secondary N) is 1. The van der Waals surface area contributed by atoms with E-state index in [9.17, 15) is 4.79 Å². The van der Waals surface area contributed by atoms with Crippen LogP contribution in [0.25, 0.3) is 0 Å². The van der Waals surface area contributed by atoms with E-state index >= 15 is 0 Å². The molecule has 0 aliphatic rings. The third-order valence-electron chi connectivity index (χ3n) is 2.52. The number of hydrogen-bond acceptors (Lipinski definition) is 3. The van der Waals surface area contributed by atoms with E-state index in [1.807, 2.05) is 25.1 Å². The van der Waals surface area contributed by atoms with E-state index in [1.54, 1.807) is 12.1 Å². The lowest BCUT2D eigenvalue weighted by atomic mass is 10.2. The van der Waals surface area contributed by atoms with Crippen LogP contribution < -0.4 is 11.1 Å². The molecule has 1 amide bonds. The summed E-state index contributed by atoms with van der Waals surface area (Å²) in [6.45, 7) is 2.35. The molecule has 0 saturated heterocycles. The summed E-state index contributed by atoms with van der Waals surface area (Å²) in [5, 5.41) is 3.51. The highest BCUT2D eigenvalue weighted by Gasteiger charge is 2.10. The number of rotatable bonds is 3. The zero-order chi connectivity index (χ0) is 13.1. The average molecular weight is 281 g/mol. The number of carbonyl (C=O) groups excluding carboxylic acids is 1. The first kappa shape index (κ1) is 12.9.